The highest BCUT2D eigenvalue weighted by Crippen LogP contribution is 2.04. The van der Waals surface area contributed by atoms with Crippen LogP contribution < -0.4 is 0 Å². The number of Topliss-reactive ketones (excluding diaryl/α,β-unsaturated/α-hetero) is 1. The van der Waals surface area contributed by atoms with E-state index in [1.807, 2.05) is 0 Å². The second kappa shape index (κ2) is 6.31. The van der Waals surface area contributed by atoms with Crippen molar-refractivity contribution < 1.29 is 14.3 Å². The molecule has 0 bridgehead atoms. The SMILES string of the molecule is COCC(COC)CC(C)=O. The van der Waals surface area contributed by atoms with E-state index in [4.69, 9.17) is 9.47 Å². The number of methoxy groups -OCH3 is 2. The third kappa shape index (κ3) is 6.01. The lowest BCUT2D eigenvalue weighted by molar-refractivity contribution is -0.118. The Bertz CT molecular complexity index is 106. The highest BCUT2D eigenvalue weighted by Gasteiger charge is 2.09. The lowest BCUT2D eigenvalue weighted by Crippen LogP contribution is -2.17. The normalized spacial score (nSPS) is 10.5. The fourth-order valence-corrected chi connectivity index (χ4v) is 1.04. The van der Waals surface area contributed by atoms with Gasteiger partial charge in [-0.2, -0.15) is 0 Å². The minimum atomic E-state index is 0.184. The molecule has 0 saturated carbocycles. The first-order valence-corrected chi connectivity index (χ1v) is 3.68. The third-order valence-electron chi connectivity index (χ3n) is 1.38. The molecule has 11 heavy (non-hydrogen) atoms. The van der Waals surface area contributed by atoms with Crippen LogP contribution in [-0.4, -0.2) is 33.2 Å². The van der Waals surface area contributed by atoms with E-state index in [1.165, 1.54) is 0 Å². The number of carbonyl (C=O) groups excluding carboxylic acids is 1. The van der Waals surface area contributed by atoms with E-state index in [0.717, 1.165) is 0 Å². The average molecular weight is 160 g/mol. The Kier molecular flexibility index (Phi) is 6.07. The molecule has 0 aromatic heterocycles. The minimum absolute atomic E-state index is 0.184. The fraction of sp³-hybridized carbons (Fsp3) is 0.875. The first-order valence-electron chi connectivity index (χ1n) is 3.68. The summed E-state index contributed by atoms with van der Waals surface area (Å²) in [6.07, 6.45) is 0.543. The van der Waals surface area contributed by atoms with Gasteiger partial charge in [0.05, 0.1) is 13.2 Å². The molecule has 0 radical (unpaired) electrons. The topological polar surface area (TPSA) is 35.5 Å². The van der Waals surface area contributed by atoms with Crippen molar-refractivity contribution in [1.29, 1.82) is 0 Å². The smallest absolute Gasteiger partial charge is 0.130 e. The summed E-state index contributed by atoms with van der Waals surface area (Å²) in [5.74, 6) is 0.395. The largest absolute Gasteiger partial charge is 0.384 e. The molecular formula is C8H16O3. The number of hydrogen-bond acceptors (Lipinski definition) is 3. The van der Waals surface area contributed by atoms with Crippen molar-refractivity contribution in [3.63, 3.8) is 0 Å². The van der Waals surface area contributed by atoms with Crippen molar-refractivity contribution in [1.82, 2.24) is 0 Å². The first-order chi connectivity index (χ1) is 5.20. The van der Waals surface area contributed by atoms with Gasteiger partial charge in [-0.05, 0) is 6.92 Å². The molecule has 0 aromatic rings. The van der Waals surface area contributed by atoms with E-state index in [2.05, 4.69) is 0 Å². The van der Waals surface area contributed by atoms with Gasteiger partial charge in [-0.1, -0.05) is 0 Å². The van der Waals surface area contributed by atoms with Crippen molar-refractivity contribution in [3.8, 4) is 0 Å². The molecule has 0 aromatic carbocycles. The molecule has 0 aliphatic heterocycles. The molecule has 0 heterocycles. The zero-order valence-corrected chi connectivity index (χ0v) is 7.42. The number of rotatable bonds is 6. The van der Waals surface area contributed by atoms with Crippen LogP contribution in [0, 0.1) is 5.92 Å². The van der Waals surface area contributed by atoms with E-state index < -0.39 is 0 Å². The highest BCUT2D eigenvalue weighted by molar-refractivity contribution is 5.75. The van der Waals surface area contributed by atoms with E-state index in [9.17, 15) is 4.79 Å². The monoisotopic (exact) mass is 160 g/mol. The van der Waals surface area contributed by atoms with Crippen LogP contribution in [0.15, 0.2) is 0 Å². The molecule has 0 unspecified atom stereocenters. The molecule has 66 valence electrons. The number of ketones is 1. The molecule has 0 rings (SSSR count). The lowest BCUT2D eigenvalue weighted by Gasteiger charge is -2.12. The molecule has 3 nitrogen and oxygen atoms in total. The van der Waals surface area contributed by atoms with Crippen molar-refractivity contribution in [2.75, 3.05) is 27.4 Å². The van der Waals surface area contributed by atoms with Crippen LogP contribution in [0.4, 0.5) is 0 Å². The Balaban J connectivity index is 3.59. The molecule has 0 aliphatic carbocycles. The highest BCUT2D eigenvalue weighted by atomic mass is 16.5. The summed E-state index contributed by atoms with van der Waals surface area (Å²) >= 11 is 0. The fourth-order valence-electron chi connectivity index (χ4n) is 1.04. The predicted molar refractivity (Wildman–Crippen MR) is 42.5 cm³/mol. The van der Waals surface area contributed by atoms with Crippen molar-refractivity contribution in [3.05, 3.63) is 0 Å². The minimum Gasteiger partial charge on any atom is -0.384 e. The molecule has 0 amide bonds. The molecule has 0 N–H and O–H groups in total. The molecule has 0 atom stereocenters. The van der Waals surface area contributed by atoms with Crippen LogP contribution in [0.3, 0.4) is 0 Å². The quantitative estimate of drug-likeness (QED) is 0.578. The van der Waals surface area contributed by atoms with Crippen molar-refractivity contribution in [2.45, 2.75) is 13.3 Å². The second-order valence-electron chi connectivity index (χ2n) is 2.68. The van der Waals surface area contributed by atoms with Gasteiger partial charge in [0, 0.05) is 26.6 Å². The van der Waals surface area contributed by atoms with Gasteiger partial charge in [0.15, 0.2) is 0 Å². The molecule has 0 fully saturated rings. The summed E-state index contributed by atoms with van der Waals surface area (Å²) in [6.45, 7) is 2.76. The molecule has 0 spiro atoms. The van der Waals surface area contributed by atoms with Gasteiger partial charge >= 0.3 is 0 Å². The summed E-state index contributed by atoms with van der Waals surface area (Å²) in [5.41, 5.74) is 0. The van der Waals surface area contributed by atoms with E-state index in [-0.39, 0.29) is 11.7 Å². The summed E-state index contributed by atoms with van der Waals surface area (Å²) in [6, 6.07) is 0. The van der Waals surface area contributed by atoms with E-state index >= 15 is 0 Å². The van der Waals surface area contributed by atoms with E-state index in [0.29, 0.717) is 19.6 Å². The molecular weight excluding hydrogens is 144 g/mol. The van der Waals surface area contributed by atoms with Crippen LogP contribution in [0.5, 0.6) is 0 Å². The molecule has 0 aliphatic rings. The van der Waals surface area contributed by atoms with Crippen molar-refractivity contribution >= 4 is 5.78 Å². The van der Waals surface area contributed by atoms with E-state index in [1.54, 1.807) is 21.1 Å². The van der Waals surface area contributed by atoms with Gasteiger partial charge in [-0.15, -0.1) is 0 Å². The van der Waals surface area contributed by atoms with Crippen LogP contribution in [-0.2, 0) is 14.3 Å². The first kappa shape index (κ1) is 10.6. The number of carbonyl (C=O) groups is 1. The number of ether oxygens (including phenoxy) is 2. The Hall–Kier alpha value is -0.410. The maximum atomic E-state index is 10.7. The van der Waals surface area contributed by atoms with Gasteiger partial charge in [-0.25, -0.2) is 0 Å². The van der Waals surface area contributed by atoms with Gasteiger partial charge in [0.25, 0.3) is 0 Å². The standard InChI is InChI=1S/C8H16O3/c1-7(9)4-8(5-10-2)6-11-3/h8H,4-6H2,1-3H3. The summed E-state index contributed by atoms with van der Waals surface area (Å²) in [7, 11) is 3.26. The van der Waals surface area contributed by atoms with Gasteiger partial charge in [-0.3, -0.25) is 0 Å². The predicted octanol–water partition coefficient (Wildman–Crippen LogP) is 0.875. The summed E-state index contributed by atoms with van der Waals surface area (Å²) in [4.78, 5) is 10.7. The van der Waals surface area contributed by atoms with Crippen molar-refractivity contribution in [2.24, 2.45) is 5.92 Å². The van der Waals surface area contributed by atoms with Gasteiger partial charge in [0.1, 0.15) is 5.78 Å². The van der Waals surface area contributed by atoms with Gasteiger partial charge in [0.2, 0.25) is 0 Å². The number of hydrogen-bond donors (Lipinski definition) is 0. The van der Waals surface area contributed by atoms with Crippen LogP contribution >= 0.6 is 0 Å². The molecule has 0 saturated heterocycles. The Morgan fingerprint density at radius 1 is 1.27 bits per heavy atom. The average Bonchev–Trinajstić information content (AvgIpc) is 1.87. The summed E-state index contributed by atoms with van der Waals surface area (Å²) < 4.78 is 9.85. The maximum Gasteiger partial charge on any atom is 0.130 e. The zero-order chi connectivity index (χ0) is 8.69. The summed E-state index contributed by atoms with van der Waals surface area (Å²) in [5, 5.41) is 0. The Morgan fingerprint density at radius 3 is 2.00 bits per heavy atom. The van der Waals surface area contributed by atoms with Crippen LogP contribution in [0.2, 0.25) is 0 Å². The molecule has 3 heteroatoms. The zero-order valence-electron chi connectivity index (χ0n) is 7.42. The van der Waals surface area contributed by atoms with Crippen LogP contribution in [0.1, 0.15) is 13.3 Å². The Labute approximate surface area is 67.7 Å². The maximum absolute atomic E-state index is 10.7. The van der Waals surface area contributed by atoms with Crippen LogP contribution in [0.25, 0.3) is 0 Å². The van der Waals surface area contributed by atoms with Gasteiger partial charge < -0.3 is 14.3 Å². The third-order valence-corrected chi connectivity index (χ3v) is 1.38. The second-order valence-corrected chi connectivity index (χ2v) is 2.68. The lowest BCUT2D eigenvalue weighted by atomic mass is 10.1. The Morgan fingerprint density at radius 2 is 1.73 bits per heavy atom.